The third-order valence-corrected chi connectivity index (χ3v) is 4.44. The van der Waals surface area contributed by atoms with Crippen molar-refractivity contribution in [2.75, 3.05) is 13.2 Å². The van der Waals surface area contributed by atoms with Crippen LogP contribution in [0.2, 0.25) is 0 Å². The molecule has 2 aromatic rings. The molecule has 24 heavy (non-hydrogen) atoms. The number of aliphatic hydroxyl groups excluding tert-OH is 1. The van der Waals surface area contributed by atoms with Crippen LogP contribution in [-0.4, -0.2) is 24.2 Å². The lowest BCUT2D eigenvalue weighted by molar-refractivity contribution is 0.1000. The Kier molecular flexibility index (Phi) is 6.12. The fraction of sp³-hybridized carbons (Fsp3) is 0.350. The number of benzene rings is 2. The van der Waals surface area contributed by atoms with Gasteiger partial charge in [0.1, 0.15) is 0 Å². The SMILES string of the molecule is CC(C)(CO)C(CNCc1cccc(C(N)=O)c1)c1ccccc1. The number of carbonyl (C=O) groups excluding carboxylic acids is 1. The number of hydrogen-bond acceptors (Lipinski definition) is 3. The van der Waals surface area contributed by atoms with Gasteiger partial charge < -0.3 is 16.2 Å². The minimum atomic E-state index is -0.416. The molecule has 1 unspecified atom stereocenters. The van der Waals surface area contributed by atoms with Gasteiger partial charge in [0.2, 0.25) is 5.91 Å². The van der Waals surface area contributed by atoms with Crippen LogP contribution in [0, 0.1) is 5.41 Å². The Labute approximate surface area is 143 Å². The van der Waals surface area contributed by atoms with Crippen LogP contribution in [0.25, 0.3) is 0 Å². The molecular weight excluding hydrogens is 300 g/mol. The molecule has 4 nitrogen and oxygen atoms in total. The normalized spacial score (nSPS) is 12.8. The summed E-state index contributed by atoms with van der Waals surface area (Å²) in [4.78, 5) is 11.3. The van der Waals surface area contributed by atoms with Gasteiger partial charge in [0.05, 0.1) is 0 Å². The zero-order valence-corrected chi connectivity index (χ0v) is 14.3. The standard InChI is InChI=1S/C20H26N2O2/c1-20(2,14-23)18(16-8-4-3-5-9-16)13-22-12-15-7-6-10-17(11-15)19(21)24/h3-11,18,22-23H,12-14H2,1-2H3,(H2,21,24). The third kappa shape index (κ3) is 4.66. The molecule has 2 rings (SSSR count). The molecule has 128 valence electrons. The largest absolute Gasteiger partial charge is 0.396 e. The Bertz CT molecular complexity index is 668. The fourth-order valence-electron chi connectivity index (χ4n) is 2.84. The number of carbonyl (C=O) groups is 1. The molecule has 0 spiro atoms. The second-order valence-corrected chi connectivity index (χ2v) is 6.81. The van der Waals surface area contributed by atoms with Crippen molar-refractivity contribution in [3.05, 3.63) is 71.3 Å². The van der Waals surface area contributed by atoms with Gasteiger partial charge >= 0.3 is 0 Å². The van der Waals surface area contributed by atoms with Crippen LogP contribution in [0.4, 0.5) is 0 Å². The summed E-state index contributed by atoms with van der Waals surface area (Å²) >= 11 is 0. The summed E-state index contributed by atoms with van der Waals surface area (Å²) in [6, 6.07) is 17.6. The molecule has 0 aliphatic rings. The number of nitrogens with one attached hydrogen (secondary N) is 1. The Hall–Kier alpha value is -2.17. The summed E-state index contributed by atoms with van der Waals surface area (Å²) in [5.41, 5.74) is 7.83. The highest BCUT2D eigenvalue weighted by Crippen LogP contribution is 2.34. The average molecular weight is 326 g/mol. The maximum atomic E-state index is 11.3. The van der Waals surface area contributed by atoms with E-state index >= 15 is 0 Å². The average Bonchev–Trinajstić information content (AvgIpc) is 2.59. The van der Waals surface area contributed by atoms with E-state index < -0.39 is 5.91 Å². The molecule has 0 aliphatic carbocycles. The van der Waals surface area contributed by atoms with Crippen molar-refractivity contribution in [1.29, 1.82) is 0 Å². The maximum absolute atomic E-state index is 11.3. The van der Waals surface area contributed by atoms with Gasteiger partial charge in [-0.25, -0.2) is 0 Å². The summed E-state index contributed by atoms with van der Waals surface area (Å²) < 4.78 is 0. The maximum Gasteiger partial charge on any atom is 0.248 e. The predicted octanol–water partition coefficient (Wildman–Crippen LogP) is 2.68. The first-order valence-electron chi connectivity index (χ1n) is 8.19. The van der Waals surface area contributed by atoms with Crippen molar-refractivity contribution in [1.82, 2.24) is 5.32 Å². The molecule has 4 N–H and O–H groups in total. The van der Waals surface area contributed by atoms with E-state index in [-0.39, 0.29) is 17.9 Å². The number of nitrogens with two attached hydrogens (primary N) is 1. The third-order valence-electron chi connectivity index (χ3n) is 4.44. The van der Waals surface area contributed by atoms with Gasteiger partial charge in [0, 0.05) is 31.2 Å². The number of hydrogen-bond donors (Lipinski definition) is 3. The minimum Gasteiger partial charge on any atom is -0.396 e. The monoisotopic (exact) mass is 326 g/mol. The minimum absolute atomic E-state index is 0.116. The van der Waals surface area contributed by atoms with Crippen molar-refractivity contribution >= 4 is 5.91 Å². The Morgan fingerprint density at radius 2 is 1.88 bits per heavy atom. The quantitative estimate of drug-likeness (QED) is 0.698. The van der Waals surface area contributed by atoms with Crippen molar-refractivity contribution in [3.8, 4) is 0 Å². The van der Waals surface area contributed by atoms with Crippen LogP contribution in [0.3, 0.4) is 0 Å². The van der Waals surface area contributed by atoms with Gasteiger partial charge in [-0.15, -0.1) is 0 Å². The van der Waals surface area contributed by atoms with Gasteiger partial charge in [0.25, 0.3) is 0 Å². The molecular formula is C20H26N2O2. The smallest absolute Gasteiger partial charge is 0.248 e. The van der Waals surface area contributed by atoms with Crippen LogP contribution in [-0.2, 0) is 6.54 Å². The van der Waals surface area contributed by atoms with Gasteiger partial charge in [-0.2, -0.15) is 0 Å². The summed E-state index contributed by atoms with van der Waals surface area (Å²) in [6.45, 7) is 5.63. The van der Waals surface area contributed by atoms with Gasteiger partial charge in [-0.3, -0.25) is 4.79 Å². The molecule has 0 heterocycles. The van der Waals surface area contributed by atoms with Crippen molar-refractivity contribution in [3.63, 3.8) is 0 Å². The lowest BCUT2D eigenvalue weighted by Crippen LogP contribution is -2.34. The number of amides is 1. The highest BCUT2D eigenvalue weighted by molar-refractivity contribution is 5.92. The lowest BCUT2D eigenvalue weighted by atomic mass is 9.75. The Morgan fingerprint density at radius 3 is 2.50 bits per heavy atom. The van der Waals surface area contributed by atoms with Gasteiger partial charge in [-0.1, -0.05) is 56.3 Å². The predicted molar refractivity (Wildman–Crippen MR) is 96.7 cm³/mol. The summed E-state index contributed by atoms with van der Waals surface area (Å²) in [5.74, 6) is -0.233. The first kappa shape index (κ1) is 18.2. The van der Waals surface area contributed by atoms with E-state index in [0.29, 0.717) is 12.1 Å². The van der Waals surface area contributed by atoms with Crippen LogP contribution in [0.1, 0.15) is 41.3 Å². The summed E-state index contributed by atoms with van der Waals surface area (Å²) in [6.07, 6.45) is 0. The van der Waals surface area contributed by atoms with Crippen molar-refractivity contribution in [2.24, 2.45) is 11.1 Å². The fourth-order valence-corrected chi connectivity index (χ4v) is 2.84. The number of rotatable bonds is 8. The first-order valence-corrected chi connectivity index (χ1v) is 8.19. The van der Waals surface area contributed by atoms with E-state index in [1.165, 1.54) is 5.56 Å². The first-order chi connectivity index (χ1) is 11.4. The van der Waals surface area contributed by atoms with E-state index in [9.17, 15) is 9.90 Å². The molecule has 0 aliphatic heterocycles. The van der Waals surface area contributed by atoms with E-state index in [1.54, 1.807) is 6.07 Å². The van der Waals surface area contributed by atoms with E-state index in [2.05, 4.69) is 31.3 Å². The zero-order valence-electron chi connectivity index (χ0n) is 14.3. The molecule has 0 saturated carbocycles. The summed E-state index contributed by atoms with van der Waals surface area (Å²) in [7, 11) is 0. The lowest BCUT2D eigenvalue weighted by Gasteiger charge is -2.33. The highest BCUT2D eigenvalue weighted by Gasteiger charge is 2.29. The number of aliphatic hydroxyl groups is 1. The second-order valence-electron chi connectivity index (χ2n) is 6.81. The molecule has 0 saturated heterocycles. The van der Waals surface area contributed by atoms with Crippen LogP contribution in [0.15, 0.2) is 54.6 Å². The second kappa shape index (κ2) is 8.08. The van der Waals surface area contributed by atoms with Gasteiger partial charge in [0.15, 0.2) is 0 Å². The van der Waals surface area contributed by atoms with Crippen LogP contribution >= 0.6 is 0 Å². The Morgan fingerprint density at radius 1 is 1.17 bits per heavy atom. The molecule has 0 aromatic heterocycles. The zero-order chi connectivity index (χ0) is 17.6. The van der Waals surface area contributed by atoms with Crippen molar-refractivity contribution < 1.29 is 9.90 Å². The van der Waals surface area contributed by atoms with Crippen LogP contribution in [0.5, 0.6) is 0 Å². The van der Waals surface area contributed by atoms with E-state index in [1.807, 2.05) is 36.4 Å². The van der Waals surface area contributed by atoms with Crippen molar-refractivity contribution in [2.45, 2.75) is 26.3 Å². The molecule has 0 radical (unpaired) electrons. The molecule has 1 amide bonds. The molecule has 1 atom stereocenters. The molecule has 2 aromatic carbocycles. The topological polar surface area (TPSA) is 75.3 Å². The molecule has 0 bridgehead atoms. The number of primary amides is 1. The molecule has 0 fully saturated rings. The highest BCUT2D eigenvalue weighted by atomic mass is 16.3. The summed E-state index contributed by atoms with van der Waals surface area (Å²) in [5, 5.41) is 13.2. The molecule has 4 heteroatoms. The van der Waals surface area contributed by atoms with Crippen LogP contribution < -0.4 is 11.1 Å². The van der Waals surface area contributed by atoms with E-state index in [4.69, 9.17) is 5.73 Å². The van der Waals surface area contributed by atoms with Gasteiger partial charge in [-0.05, 0) is 28.7 Å². The van der Waals surface area contributed by atoms with E-state index in [0.717, 1.165) is 12.1 Å². The Balaban J connectivity index is 2.06.